The Labute approximate surface area is 125 Å². The lowest BCUT2D eigenvalue weighted by molar-refractivity contribution is 0.294. The van der Waals surface area contributed by atoms with Gasteiger partial charge in [-0.3, -0.25) is 4.90 Å². The van der Waals surface area contributed by atoms with Crippen LogP contribution in [0.25, 0.3) is 0 Å². The monoisotopic (exact) mass is 276 g/mol. The molecular weight excluding hydrogens is 244 g/mol. The minimum Gasteiger partial charge on any atom is -0.310 e. The van der Waals surface area contributed by atoms with Gasteiger partial charge in [-0.2, -0.15) is 0 Å². The van der Waals surface area contributed by atoms with Crippen molar-refractivity contribution in [3.05, 3.63) is 35.4 Å². The quantitative estimate of drug-likeness (QED) is 0.732. The third-order valence-electron chi connectivity index (χ3n) is 4.52. The summed E-state index contributed by atoms with van der Waals surface area (Å²) < 4.78 is 0. The molecular formula is C18H32N2. The summed E-state index contributed by atoms with van der Waals surface area (Å²) in [7, 11) is 0. The first-order chi connectivity index (χ1) is 9.62. The average molecular weight is 276 g/mol. The lowest BCUT2D eigenvalue weighted by atomic mass is 10.00. The molecule has 2 nitrogen and oxygen atoms in total. The van der Waals surface area contributed by atoms with Crippen LogP contribution in [0, 0.1) is 5.92 Å². The molecule has 2 atom stereocenters. The van der Waals surface area contributed by atoms with Gasteiger partial charge in [-0.25, -0.2) is 0 Å². The Kier molecular flexibility index (Phi) is 7.86. The van der Waals surface area contributed by atoms with Gasteiger partial charge in [-0.15, -0.1) is 0 Å². The highest BCUT2D eigenvalue weighted by Gasteiger charge is 2.11. The fraction of sp³-hybridized carbons (Fsp3) is 0.667. The van der Waals surface area contributed by atoms with Crippen LogP contribution in [0.4, 0.5) is 0 Å². The second kappa shape index (κ2) is 9.15. The van der Waals surface area contributed by atoms with Crippen molar-refractivity contribution < 1.29 is 0 Å². The van der Waals surface area contributed by atoms with Crippen molar-refractivity contribution in [1.29, 1.82) is 0 Å². The number of hydrogen-bond donors (Lipinski definition) is 1. The highest BCUT2D eigenvalue weighted by molar-refractivity contribution is 5.27. The molecule has 2 heteroatoms. The van der Waals surface area contributed by atoms with Crippen LogP contribution in [0.1, 0.15) is 52.2 Å². The largest absolute Gasteiger partial charge is 0.310 e. The minimum absolute atomic E-state index is 0.571. The van der Waals surface area contributed by atoms with E-state index in [0.29, 0.717) is 6.04 Å². The minimum atomic E-state index is 0.571. The first kappa shape index (κ1) is 17.2. The summed E-state index contributed by atoms with van der Waals surface area (Å²) >= 11 is 0. The van der Waals surface area contributed by atoms with E-state index in [1.165, 1.54) is 17.5 Å². The summed E-state index contributed by atoms with van der Waals surface area (Å²) in [6.45, 7) is 15.6. The molecule has 0 fully saturated rings. The summed E-state index contributed by atoms with van der Waals surface area (Å²) in [4.78, 5) is 2.47. The van der Waals surface area contributed by atoms with Crippen LogP contribution in [0.2, 0.25) is 0 Å². The van der Waals surface area contributed by atoms with Gasteiger partial charge in [-0.1, -0.05) is 58.4 Å². The molecule has 20 heavy (non-hydrogen) atoms. The molecule has 0 radical (unpaired) electrons. The van der Waals surface area contributed by atoms with Gasteiger partial charge in [0.2, 0.25) is 0 Å². The molecule has 0 spiro atoms. The van der Waals surface area contributed by atoms with E-state index in [4.69, 9.17) is 0 Å². The van der Waals surface area contributed by atoms with Gasteiger partial charge >= 0.3 is 0 Å². The standard InChI is InChI=1S/C18H32N2/c1-6-15(4)16(5)19-13-17-11-9-10-12-18(17)14-20(7-2)8-3/h9-12,15-16,19H,6-8,13-14H2,1-5H3. The van der Waals surface area contributed by atoms with Gasteiger partial charge in [0.05, 0.1) is 0 Å². The van der Waals surface area contributed by atoms with Crippen molar-refractivity contribution in [2.24, 2.45) is 5.92 Å². The zero-order valence-corrected chi connectivity index (χ0v) is 13.9. The van der Waals surface area contributed by atoms with Crippen LogP contribution in [-0.2, 0) is 13.1 Å². The fourth-order valence-corrected chi connectivity index (χ4v) is 2.40. The van der Waals surface area contributed by atoms with Crippen LogP contribution in [0.15, 0.2) is 24.3 Å². The highest BCUT2D eigenvalue weighted by Crippen LogP contribution is 2.13. The van der Waals surface area contributed by atoms with Crippen molar-refractivity contribution in [2.45, 2.75) is 60.2 Å². The Bertz CT molecular complexity index is 371. The van der Waals surface area contributed by atoms with Gasteiger partial charge in [0.15, 0.2) is 0 Å². The van der Waals surface area contributed by atoms with Crippen LogP contribution in [0.3, 0.4) is 0 Å². The van der Waals surface area contributed by atoms with Crippen molar-refractivity contribution in [3.8, 4) is 0 Å². The van der Waals surface area contributed by atoms with E-state index in [9.17, 15) is 0 Å². The van der Waals surface area contributed by atoms with Gasteiger partial charge in [-0.05, 0) is 37.1 Å². The van der Waals surface area contributed by atoms with Gasteiger partial charge in [0, 0.05) is 19.1 Å². The Morgan fingerprint density at radius 3 is 2.15 bits per heavy atom. The molecule has 114 valence electrons. The third-order valence-corrected chi connectivity index (χ3v) is 4.52. The van der Waals surface area contributed by atoms with Crippen molar-refractivity contribution in [3.63, 3.8) is 0 Å². The Hall–Kier alpha value is -0.860. The van der Waals surface area contributed by atoms with E-state index in [1.807, 2.05) is 0 Å². The van der Waals surface area contributed by atoms with Crippen LogP contribution >= 0.6 is 0 Å². The molecule has 1 aromatic carbocycles. The average Bonchev–Trinajstić information content (AvgIpc) is 2.50. The first-order valence-corrected chi connectivity index (χ1v) is 8.14. The molecule has 1 aromatic rings. The number of benzene rings is 1. The maximum Gasteiger partial charge on any atom is 0.0236 e. The van der Waals surface area contributed by atoms with Gasteiger partial charge in [0.25, 0.3) is 0 Å². The fourth-order valence-electron chi connectivity index (χ4n) is 2.40. The molecule has 0 saturated heterocycles. The molecule has 0 aliphatic heterocycles. The maximum absolute atomic E-state index is 3.68. The molecule has 1 N–H and O–H groups in total. The zero-order chi connectivity index (χ0) is 15.0. The van der Waals surface area contributed by atoms with E-state index in [-0.39, 0.29) is 0 Å². The molecule has 1 rings (SSSR count). The van der Waals surface area contributed by atoms with Crippen LogP contribution in [-0.4, -0.2) is 24.0 Å². The molecule has 0 aliphatic carbocycles. The Morgan fingerprint density at radius 2 is 1.60 bits per heavy atom. The normalized spacial score (nSPS) is 14.5. The maximum atomic E-state index is 3.68. The summed E-state index contributed by atoms with van der Waals surface area (Å²) in [6.07, 6.45) is 1.23. The van der Waals surface area contributed by atoms with E-state index in [1.54, 1.807) is 0 Å². The third kappa shape index (κ3) is 5.26. The predicted octanol–water partition coefficient (Wildman–Crippen LogP) is 4.05. The van der Waals surface area contributed by atoms with Crippen molar-refractivity contribution >= 4 is 0 Å². The number of hydrogen-bond acceptors (Lipinski definition) is 2. The van der Waals surface area contributed by atoms with Crippen LogP contribution < -0.4 is 5.32 Å². The second-order valence-corrected chi connectivity index (χ2v) is 5.79. The second-order valence-electron chi connectivity index (χ2n) is 5.79. The molecule has 0 saturated carbocycles. The Balaban J connectivity index is 2.65. The molecule has 0 amide bonds. The number of nitrogens with one attached hydrogen (secondary N) is 1. The van der Waals surface area contributed by atoms with E-state index >= 15 is 0 Å². The summed E-state index contributed by atoms with van der Waals surface area (Å²) in [5, 5.41) is 3.68. The highest BCUT2D eigenvalue weighted by atomic mass is 15.1. The topological polar surface area (TPSA) is 15.3 Å². The predicted molar refractivity (Wildman–Crippen MR) is 88.8 cm³/mol. The lowest BCUT2D eigenvalue weighted by Crippen LogP contribution is -2.32. The number of rotatable bonds is 9. The molecule has 0 aromatic heterocycles. The number of nitrogens with zero attached hydrogens (tertiary/aromatic N) is 1. The summed E-state index contributed by atoms with van der Waals surface area (Å²) in [5.41, 5.74) is 2.90. The lowest BCUT2D eigenvalue weighted by Gasteiger charge is -2.23. The first-order valence-electron chi connectivity index (χ1n) is 8.14. The molecule has 0 heterocycles. The molecule has 0 bridgehead atoms. The van der Waals surface area contributed by atoms with E-state index in [0.717, 1.165) is 32.1 Å². The van der Waals surface area contributed by atoms with Crippen molar-refractivity contribution in [2.75, 3.05) is 13.1 Å². The van der Waals surface area contributed by atoms with Gasteiger partial charge < -0.3 is 5.32 Å². The van der Waals surface area contributed by atoms with Crippen molar-refractivity contribution in [1.82, 2.24) is 10.2 Å². The molecule has 2 unspecified atom stereocenters. The zero-order valence-electron chi connectivity index (χ0n) is 13.9. The van der Waals surface area contributed by atoms with Crippen LogP contribution in [0.5, 0.6) is 0 Å². The SMILES string of the molecule is CCC(C)C(C)NCc1ccccc1CN(CC)CC. The van der Waals surface area contributed by atoms with Gasteiger partial charge in [0.1, 0.15) is 0 Å². The van der Waals surface area contributed by atoms with E-state index in [2.05, 4.69) is 69.1 Å². The summed E-state index contributed by atoms with van der Waals surface area (Å²) in [5.74, 6) is 0.727. The molecule has 0 aliphatic rings. The van der Waals surface area contributed by atoms with E-state index < -0.39 is 0 Å². The Morgan fingerprint density at radius 1 is 1.00 bits per heavy atom. The smallest absolute Gasteiger partial charge is 0.0236 e. The summed E-state index contributed by atoms with van der Waals surface area (Å²) in [6, 6.07) is 9.40.